The van der Waals surface area contributed by atoms with Crippen molar-refractivity contribution < 1.29 is 19.5 Å². The number of rotatable bonds is 9. The number of benzene rings is 2. The molecule has 4 amide bonds. The van der Waals surface area contributed by atoms with Crippen LogP contribution in [0.4, 0.5) is 4.79 Å². The Hall–Kier alpha value is -4.90. The van der Waals surface area contributed by atoms with Crippen LogP contribution in [0.15, 0.2) is 85.2 Å². The Labute approximate surface area is 249 Å². The largest absolute Gasteiger partial charge is 0.508 e. The summed E-state index contributed by atoms with van der Waals surface area (Å²) >= 11 is 0. The third-order valence-corrected chi connectivity index (χ3v) is 8.20. The number of urea groups is 1. The van der Waals surface area contributed by atoms with Gasteiger partial charge in [0.05, 0.1) is 37.0 Å². The molecule has 0 unspecified atom stereocenters. The van der Waals surface area contributed by atoms with Gasteiger partial charge >= 0.3 is 6.03 Å². The number of fused-ring (bicyclic) bond motifs is 2. The maximum atomic E-state index is 14.1. The Bertz CT molecular complexity index is 1590. The van der Waals surface area contributed by atoms with Crippen LogP contribution < -0.4 is 5.32 Å². The van der Waals surface area contributed by atoms with Crippen LogP contribution in [0, 0.1) is 0 Å². The third-order valence-electron chi connectivity index (χ3n) is 8.20. The fraction of sp³-hybridized carbons (Fsp3) is 0.312. The summed E-state index contributed by atoms with van der Waals surface area (Å²) in [5.41, 5.74) is 4.41. The molecule has 6 rings (SSSR count). The number of nitrogens with one attached hydrogen (secondary N) is 2. The van der Waals surface area contributed by atoms with E-state index in [-0.39, 0.29) is 49.7 Å². The lowest BCUT2D eigenvalue weighted by atomic mass is 9.99. The topological polar surface area (TPSA) is 125 Å². The summed E-state index contributed by atoms with van der Waals surface area (Å²) < 4.78 is 0. The van der Waals surface area contributed by atoms with E-state index >= 15 is 0 Å². The van der Waals surface area contributed by atoms with Crippen molar-refractivity contribution in [3.05, 3.63) is 96.4 Å². The highest BCUT2D eigenvalue weighted by Gasteiger charge is 2.52. The highest BCUT2D eigenvalue weighted by molar-refractivity contribution is 5.92. The molecule has 0 spiro atoms. The van der Waals surface area contributed by atoms with Crippen molar-refractivity contribution in [2.45, 2.75) is 38.0 Å². The molecule has 222 valence electrons. The minimum absolute atomic E-state index is 0.0438. The zero-order chi connectivity index (χ0) is 29.9. The minimum Gasteiger partial charge on any atom is -0.508 e. The summed E-state index contributed by atoms with van der Waals surface area (Å²) in [5, 5.41) is 16.1. The van der Waals surface area contributed by atoms with E-state index in [0.717, 1.165) is 40.6 Å². The van der Waals surface area contributed by atoms with Crippen LogP contribution in [-0.4, -0.2) is 91.1 Å². The zero-order valence-corrected chi connectivity index (χ0v) is 23.9. The number of hydrogen-bond donors (Lipinski definition) is 3. The number of hydrogen-bond acceptors (Lipinski definition) is 6. The predicted octanol–water partition coefficient (Wildman–Crippen LogP) is 3.08. The van der Waals surface area contributed by atoms with Gasteiger partial charge < -0.3 is 25.2 Å². The van der Waals surface area contributed by atoms with E-state index in [1.54, 1.807) is 51.5 Å². The number of aromatic amines is 1. The van der Waals surface area contributed by atoms with E-state index in [4.69, 9.17) is 0 Å². The van der Waals surface area contributed by atoms with Gasteiger partial charge in [-0.1, -0.05) is 48.6 Å². The zero-order valence-electron chi connectivity index (χ0n) is 23.9. The summed E-state index contributed by atoms with van der Waals surface area (Å²) in [6.07, 6.45) is 11.1. The van der Waals surface area contributed by atoms with Crippen LogP contribution in [0.25, 0.3) is 11.0 Å². The fourth-order valence-corrected chi connectivity index (χ4v) is 6.10. The Balaban J connectivity index is 1.30. The van der Waals surface area contributed by atoms with Crippen LogP contribution >= 0.6 is 0 Å². The standard InChI is InChI=1S/C32H35N7O4/c1-2-15-37(32(43)33-17-23-7-4-3-5-8-23)38-20-29(41)39-27(16-22-11-13-25(40)14-12-22)31(42)36(19-28(38)39)18-24-9-6-10-26-30(24)35-21-34-26/h2,4,6-14,21,27-28,40H,1,3,5,15-20H2,(H,33,43)(H,34,35)/t27-,28+/m0/s1. The molecule has 3 heterocycles. The Morgan fingerprint density at radius 1 is 1.19 bits per heavy atom. The maximum absolute atomic E-state index is 14.1. The first-order valence-electron chi connectivity index (χ1n) is 14.5. The van der Waals surface area contributed by atoms with Crippen molar-refractivity contribution >= 4 is 28.9 Å². The number of aromatic nitrogens is 2. The van der Waals surface area contributed by atoms with Crippen molar-refractivity contribution in [1.82, 2.24) is 35.1 Å². The van der Waals surface area contributed by atoms with Crippen molar-refractivity contribution in [2.24, 2.45) is 0 Å². The first-order chi connectivity index (χ1) is 20.9. The van der Waals surface area contributed by atoms with Gasteiger partial charge in [0.25, 0.3) is 0 Å². The molecule has 43 heavy (non-hydrogen) atoms. The van der Waals surface area contributed by atoms with Gasteiger partial charge in [-0.15, -0.1) is 6.58 Å². The van der Waals surface area contributed by atoms with Crippen molar-refractivity contribution in [2.75, 3.05) is 26.2 Å². The van der Waals surface area contributed by atoms with Crippen LogP contribution in [0.1, 0.15) is 24.0 Å². The number of phenols is 1. The van der Waals surface area contributed by atoms with Crippen LogP contribution in [0.2, 0.25) is 0 Å². The number of hydrazine groups is 1. The van der Waals surface area contributed by atoms with Gasteiger partial charge in [0.15, 0.2) is 0 Å². The van der Waals surface area contributed by atoms with Crippen LogP contribution in [0.5, 0.6) is 5.75 Å². The molecule has 2 aromatic carbocycles. The van der Waals surface area contributed by atoms with E-state index in [1.165, 1.54) is 5.01 Å². The number of carbonyl (C=O) groups is 3. The second kappa shape index (κ2) is 12.1. The van der Waals surface area contributed by atoms with Gasteiger partial charge in [0.1, 0.15) is 18.0 Å². The predicted molar refractivity (Wildman–Crippen MR) is 161 cm³/mol. The molecule has 1 aromatic heterocycles. The molecule has 3 aliphatic rings. The van der Waals surface area contributed by atoms with Crippen molar-refractivity contribution in [1.29, 1.82) is 0 Å². The summed E-state index contributed by atoms with van der Waals surface area (Å²) in [6, 6.07) is 11.3. The number of imidazole rings is 1. The van der Waals surface area contributed by atoms with Crippen LogP contribution in [0.3, 0.4) is 0 Å². The molecular formula is C32H35N7O4. The number of para-hydroxylation sites is 1. The number of nitrogens with zero attached hydrogens (tertiary/aromatic N) is 5. The molecule has 2 aliphatic heterocycles. The van der Waals surface area contributed by atoms with Gasteiger partial charge in [-0.3, -0.25) is 14.6 Å². The number of phenolic OH excluding ortho intramolecular Hbond substituents is 1. The highest BCUT2D eigenvalue weighted by Crippen LogP contribution is 2.31. The third kappa shape index (κ3) is 5.76. The van der Waals surface area contributed by atoms with Gasteiger partial charge in [-0.2, -0.15) is 5.01 Å². The monoisotopic (exact) mass is 581 g/mol. The van der Waals surface area contributed by atoms with Gasteiger partial charge in [-0.25, -0.2) is 9.78 Å². The van der Waals surface area contributed by atoms with Crippen molar-refractivity contribution in [3.63, 3.8) is 0 Å². The Morgan fingerprint density at radius 2 is 2.02 bits per heavy atom. The molecule has 11 nitrogen and oxygen atoms in total. The second-order valence-corrected chi connectivity index (χ2v) is 11.0. The number of piperazine rings is 1. The quantitative estimate of drug-likeness (QED) is 0.334. The van der Waals surface area contributed by atoms with E-state index in [2.05, 4.69) is 34.0 Å². The average molecular weight is 582 g/mol. The number of aromatic hydroxyl groups is 1. The first-order valence-corrected chi connectivity index (χ1v) is 14.5. The lowest BCUT2D eigenvalue weighted by Gasteiger charge is -2.46. The average Bonchev–Trinajstić information content (AvgIpc) is 3.63. The lowest BCUT2D eigenvalue weighted by molar-refractivity contribution is -0.157. The van der Waals surface area contributed by atoms with E-state index in [9.17, 15) is 19.5 Å². The summed E-state index contributed by atoms with van der Waals surface area (Å²) in [4.78, 5) is 52.1. The highest BCUT2D eigenvalue weighted by atomic mass is 16.3. The molecule has 0 saturated carbocycles. The fourth-order valence-electron chi connectivity index (χ4n) is 6.10. The van der Waals surface area contributed by atoms with Crippen molar-refractivity contribution in [3.8, 4) is 5.75 Å². The Kier molecular flexibility index (Phi) is 7.97. The van der Waals surface area contributed by atoms with Gasteiger partial charge in [-0.05, 0) is 47.7 Å². The number of H-pyrrole nitrogens is 1. The summed E-state index contributed by atoms with van der Waals surface area (Å²) in [6.45, 7) is 4.91. The number of carbonyl (C=O) groups excluding carboxylic acids is 3. The second-order valence-electron chi connectivity index (χ2n) is 11.0. The molecule has 3 N–H and O–H groups in total. The summed E-state index contributed by atoms with van der Waals surface area (Å²) in [7, 11) is 0. The molecule has 0 bridgehead atoms. The lowest BCUT2D eigenvalue weighted by Crippen LogP contribution is -2.66. The van der Waals surface area contributed by atoms with Gasteiger partial charge in [0.2, 0.25) is 11.8 Å². The molecule has 2 saturated heterocycles. The number of allylic oxidation sites excluding steroid dienone is 2. The molecule has 0 radical (unpaired) electrons. The number of amides is 4. The molecular weight excluding hydrogens is 546 g/mol. The SMILES string of the molecule is C=CCN(C(=O)NCC1=CCCC=C1)N1CC(=O)N2[C@@H](Cc3ccc(O)cc3)C(=O)N(Cc3cccc4nc[nH]c34)C[C@@H]21. The smallest absolute Gasteiger partial charge is 0.332 e. The van der Waals surface area contributed by atoms with Crippen LogP contribution in [-0.2, 0) is 22.6 Å². The molecule has 2 atom stereocenters. The summed E-state index contributed by atoms with van der Waals surface area (Å²) in [5.74, 6) is -0.274. The van der Waals surface area contributed by atoms with E-state index in [1.807, 2.05) is 24.3 Å². The Morgan fingerprint density at radius 3 is 2.79 bits per heavy atom. The first kappa shape index (κ1) is 28.2. The van der Waals surface area contributed by atoms with E-state index < -0.39 is 12.2 Å². The molecule has 11 heteroatoms. The normalized spacial score (nSPS) is 20.3. The molecule has 3 aromatic rings. The molecule has 1 aliphatic carbocycles. The maximum Gasteiger partial charge on any atom is 0.332 e. The van der Waals surface area contributed by atoms with E-state index in [0.29, 0.717) is 13.1 Å². The van der Waals surface area contributed by atoms with Gasteiger partial charge in [0, 0.05) is 19.5 Å². The molecule has 2 fully saturated rings. The minimum atomic E-state index is -0.784.